The lowest BCUT2D eigenvalue weighted by atomic mass is 9.77. The summed E-state index contributed by atoms with van der Waals surface area (Å²) in [7, 11) is 0. The molecule has 1 aliphatic carbocycles. The number of benzene rings is 2. The Labute approximate surface area is 151 Å². The highest BCUT2D eigenvalue weighted by atomic mass is 32.2. The lowest BCUT2D eigenvalue weighted by molar-refractivity contribution is 0.240. The van der Waals surface area contributed by atoms with Crippen LogP contribution in [0.3, 0.4) is 0 Å². The van der Waals surface area contributed by atoms with Gasteiger partial charge in [-0.25, -0.2) is 4.39 Å². The second-order valence-corrected chi connectivity index (χ2v) is 8.13. The molecule has 3 aliphatic rings. The summed E-state index contributed by atoms with van der Waals surface area (Å²) in [6, 6.07) is 13.8. The molecule has 0 radical (unpaired) electrons. The van der Waals surface area contributed by atoms with Gasteiger partial charge in [-0.1, -0.05) is 24.3 Å². The fourth-order valence-corrected chi connectivity index (χ4v) is 4.72. The van der Waals surface area contributed by atoms with Crippen LogP contribution in [0.1, 0.15) is 29.5 Å². The second kappa shape index (κ2) is 6.10. The van der Waals surface area contributed by atoms with Crippen LogP contribution in [0.25, 0.3) is 0 Å². The number of hydrogen-bond acceptors (Lipinski definition) is 3. The Bertz CT molecular complexity index is 832. The number of hydrogen-bond donors (Lipinski definition) is 1. The molecule has 2 nitrogen and oxygen atoms in total. The first-order valence-corrected chi connectivity index (χ1v) is 10.0. The van der Waals surface area contributed by atoms with E-state index < -0.39 is 0 Å². The van der Waals surface area contributed by atoms with E-state index in [9.17, 15) is 4.39 Å². The van der Waals surface area contributed by atoms with Gasteiger partial charge in [-0.15, -0.1) is 0 Å². The van der Waals surface area contributed by atoms with E-state index in [4.69, 9.17) is 4.74 Å². The molecule has 1 N–H and O–H groups in total. The van der Waals surface area contributed by atoms with Gasteiger partial charge in [0.1, 0.15) is 17.7 Å². The largest absolute Gasteiger partial charge is 0.489 e. The summed E-state index contributed by atoms with van der Waals surface area (Å²) in [6.07, 6.45) is 5.84. The molecule has 0 spiro atoms. The maximum Gasteiger partial charge on any atom is 0.123 e. The standard InChI is InChI=1S/C21H20FNOS/c22-14-7-8-20-19(10-14)17-5-2-6-18(17)21(23-20)13-3-1-4-15(9-13)24-16-11-25-12-16/h1-5,7-10,16-18,21,23H,6,11-12H2/t17-,18+,21+/m1/s1. The lowest BCUT2D eigenvalue weighted by Gasteiger charge is -2.37. The minimum Gasteiger partial charge on any atom is -0.489 e. The van der Waals surface area contributed by atoms with Gasteiger partial charge in [0, 0.05) is 23.1 Å². The van der Waals surface area contributed by atoms with E-state index in [0.717, 1.165) is 34.9 Å². The third-order valence-electron chi connectivity index (χ3n) is 5.45. The van der Waals surface area contributed by atoms with E-state index in [2.05, 4.69) is 35.7 Å². The zero-order chi connectivity index (χ0) is 16.8. The van der Waals surface area contributed by atoms with Crippen molar-refractivity contribution < 1.29 is 9.13 Å². The molecule has 2 aromatic carbocycles. The summed E-state index contributed by atoms with van der Waals surface area (Å²) in [5.74, 6) is 3.66. The molecule has 128 valence electrons. The third kappa shape index (κ3) is 2.73. The first-order valence-electron chi connectivity index (χ1n) is 8.85. The summed E-state index contributed by atoms with van der Waals surface area (Å²) in [4.78, 5) is 0. The predicted molar refractivity (Wildman–Crippen MR) is 101 cm³/mol. The molecule has 2 aliphatic heterocycles. The number of rotatable bonds is 3. The number of allylic oxidation sites excluding steroid dienone is 2. The number of thioether (sulfide) groups is 1. The highest BCUT2D eigenvalue weighted by molar-refractivity contribution is 8.00. The zero-order valence-corrected chi connectivity index (χ0v) is 14.6. The number of fused-ring (bicyclic) bond motifs is 3. The van der Waals surface area contributed by atoms with E-state index in [1.54, 1.807) is 6.07 Å². The van der Waals surface area contributed by atoms with Gasteiger partial charge in [0.05, 0.1) is 6.04 Å². The van der Waals surface area contributed by atoms with E-state index >= 15 is 0 Å². The summed E-state index contributed by atoms with van der Waals surface area (Å²) >= 11 is 1.93. The van der Waals surface area contributed by atoms with E-state index in [0.29, 0.717) is 12.0 Å². The van der Waals surface area contributed by atoms with Gasteiger partial charge in [0.25, 0.3) is 0 Å². The Balaban J connectivity index is 1.48. The molecule has 25 heavy (non-hydrogen) atoms. The van der Waals surface area contributed by atoms with Gasteiger partial charge >= 0.3 is 0 Å². The van der Waals surface area contributed by atoms with Crippen molar-refractivity contribution >= 4 is 17.4 Å². The molecule has 1 saturated heterocycles. The van der Waals surface area contributed by atoms with Crippen LogP contribution in [0.2, 0.25) is 0 Å². The highest BCUT2D eigenvalue weighted by Gasteiger charge is 2.38. The van der Waals surface area contributed by atoms with Crippen molar-refractivity contribution in [2.75, 3.05) is 16.8 Å². The molecule has 4 heteroatoms. The van der Waals surface area contributed by atoms with E-state index in [1.807, 2.05) is 23.9 Å². The molecule has 2 aromatic rings. The maximum atomic E-state index is 13.7. The maximum absolute atomic E-state index is 13.7. The van der Waals surface area contributed by atoms with Gasteiger partial charge in [-0.3, -0.25) is 0 Å². The number of nitrogens with one attached hydrogen (secondary N) is 1. The average Bonchev–Trinajstić information content (AvgIpc) is 3.08. The van der Waals surface area contributed by atoms with Crippen LogP contribution in [-0.2, 0) is 0 Å². The number of halogens is 1. The summed E-state index contributed by atoms with van der Waals surface area (Å²) in [6.45, 7) is 0. The van der Waals surface area contributed by atoms with Crippen molar-refractivity contribution in [1.29, 1.82) is 0 Å². The lowest BCUT2D eigenvalue weighted by Crippen LogP contribution is -2.31. The van der Waals surface area contributed by atoms with Gasteiger partial charge in [0.2, 0.25) is 0 Å². The Hall–Kier alpha value is -1.94. The Morgan fingerprint density at radius 2 is 2.04 bits per heavy atom. The molecule has 5 rings (SSSR count). The van der Waals surface area contributed by atoms with Crippen LogP contribution in [-0.4, -0.2) is 17.6 Å². The summed E-state index contributed by atoms with van der Waals surface area (Å²) in [5, 5.41) is 3.65. The molecule has 3 atom stereocenters. The fourth-order valence-electron chi connectivity index (χ4n) is 4.15. The Kier molecular flexibility index (Phi) is 3.74. The minimum atomic E-state index is -0.160. The van der Waals surface area contributed by atoms with Crippen LogP contribution < -0.4 is 10.1 Å². The van der Waals surface area contributed by atoms with Crippen LogP contribution in [0.15, 0.2) is 54.6 Å². The van der Waals surface area contributed by atoms with Gasteiger partial charge in [0.15, 0.2) is 0 Å². The van der Waals surface area contributed by atoms with E-state index in [1.165, 1.54) is 11.6 Å². The molecule has 1 fully saturated rings. The molecule has 0 unspecified atom stereocenters. The molecular weight excluding hydrogens is 333 g/mol. The second-order valence-electron chi connectivity index (χ2n) is 7.06. The average molecular weight is 353 g/mol. The fraction of sp³-hybridized carbons (Fsp3) is 0.333. The first kappa shape index (κ1) is 15.3. The van der Waals surface area contributed by atoms with Crippen LogP contribution in [0.5, 0.6) is 5.75 Å². The smallest absolute Gasteiger partial charge is 0.123 e. The van der Waals surface area contributed by atoms with Crippen molar-refractivity contribution in [1.82, 2.24) is 0 Å². The number of anilines is 1. The van der Waals surface area contributed by atoms with Crippen LogP contribution in [0.4, 0.5) is 10.1 Å². The normalized spacial score (nSPS) is 27.2. The monoisotopic (exact) mass is 353 g/mol. The first-order chi connectivity index (χ1) is 12.3. The van der Waals surface area contributed by atoms with Gasteiger partial charge in [-0.2, -0.15) is 11.8 Å². The predicted octanol–water partition coefficient (Wildman–Crippen LogP) is 5.15. The van der Waals surface area contributed by atoms with Crippen molar-refractivity contribution in [2.45, 2.75) is 24.5 Å². The summed E-state index contributed by atoms with van der Waals surface area (Å²) in [5.41, 5.74) is 3.37. The van der Waals surface area contributed by atoms with Crippen LogP contribution in [0, 0.1) is 11.7 Å². The Morgan fingerprint density at radius 3 is 2.88 bits per heavy atom. The third-order valence-corrected chi connectivity index (χ3v) is 6.67. The van der Waals surface area contributed by atoms with Crippen molar-refractivity contribution in [2.24, 2.45) is 5.92 Å². The molecule has 0 saturated carbocycles. The van der Waals surface area contributed by atoms with Crippen molar-refractivity contribution in [3.63, 3.8) is 0 Å². The Morgan fingerprint density at radius 1 is 1.12 bits per heavy atom. The molecule has 0 aromatic heterocycles. The zero-order valence-electron chi connectivity index (χ0n) is 13.8. The van der Waals surface area contributed by atoms with Gasteiger partial charge < -0.3 is 10.1 Å². The molecule has 0 amide bonds. The molecule has 2 heterocycles. The quantitative estimate of drug-likeness (QED) is 0.772. The number of ether oxygens (including phenoxy) is 1. The van der Waals surface area contributed by atoms with Gasteiger partial charge in [-0.05, 0) is 53.8 Å². The highest BCUT2D eigenvalue weighted by Crippen LogP contribution is 2.50. The topological polar surface area (TPSA) is 21.3 Å². The SMILES string of the molecule is Fc1ccc2c(c1)[C@@H]1C=CC[C@@H]1[C@H](c1cccc(OC3CSC3)c1)N2. The van der Waals surface area contributed by atoms with Crippen molar-refractivity contribution in [3.8, 4) is 5.75 Å². The van der Waals surface area contributed by atoms with E-state index in [-0.39, 0.29) is 17.8 Å². The minimum absolute atomic E-state index is 0.160. The van der Waals surface area contributed by atoms with Crippen molar-refractivity contribution in [3.05, 3.63) is 71.6 Å². The molecular formula is C21H20FNOS. The molecule has 0 bridgehead atoms. The van der Waals surface area contributed by atoms with Crippen LogP contribution >= 0.6 is 11.8 Å². The summed E-state index contributed by atoms with van der Waals surface area (Å²) < 4.78 is 19.8.